The topological polar surface area (TPSA) is 89.3 Å². The SMILES string of the molecule is Cl.NC1(S(=O)(=O)NC(=O)C2CC2C2CC2)CC1. The van der Waals surface area contributed by atoms with Crippen molar-refractivity contribution in [1.29, 1.82) is 0 Å². The summed E-state index contributed by atoms with van der Waals surface area (Å²) in [5.41, 5.74) is 5.60. The number of hydrogen-bond acceptors (Lipinski definition) is 4. The summed E-state index contributed by atoms with van der Waals surface area (Å²) >= 11 is 0. The summed E-state index contributed by atoms with van der Waals surface area (Å²) in [7, 11) is -3.64. The van der Waals surface area contributed by atoms with Crippen LogP contribution in [0.2, 0.25) is 0 Å². The van der Waals surface area contributed by atoms with E-state index in [1.54, 1.807) is 0 Å². The average Bonchev–Trinajstić information content (AvgIpc) is 3.02. The van der Waals surface area contributed by atoms with Gasteiger partial charge in [0.25, 0.3) is 10.0 Å². The van der Waals surface area contributed by atoms with Crippen LogP contribution in [0, 0.1) is 17.8 Å². The van der Waals surface area contributed by atoms with Gasteiger partial charge in [0.05, 0.1) is 0 Å². The highest BCUT2D eigenvalue weighted by Crippen LogP contribution is 2.54. The van der Waals surface area contributed by atoms with Crippen LogP contribution >= 0.6 is 12.4 Å². The first-order valence-electron chi connectivity index (χ1n) is 5.78. The van der Waals surface area contributed by atoms with Crippen LogP contribution in [0.5, 0.6) is 0 Å². The lowest BCUT2D eigenvalue weighted by Crippen LogP contribution is -2.45. The van der Waals surface area contributed by atoms with Gasteiger partial charge < -0.3 is 5.73 Å². The standard InChI is InChI=1S/C10H16N2O3S.ClH/c11-10(3-4-10)16(14,15)12-9(13)8-5-7(8)6-1-2-6;/h6-8H,1-5,11H2,(H,12,13);1H. The zero-order chi connectivity index (χ0) is 11.6. The zero-order valence-corrected chi connectivity index (χ0v) is 11.0. The fourth-order valence-electron chi connectivity index (χ4n) is 2.26. The van der Waals surface area contributed by atoms with Gasteiger partial charge in [-0.25, -0.2) is 8.42 Å². The number of sulfonamides is 1. The molecule has 2 atom stereocenters. The first kappa shape index (κ1) is 13.1. The van der Waals surface area contributed by atoms with E-state index in [0.717, 1.165) is 6.42 Å². The largest absolute Gasteiger partial charge is 0.311 e. The molecule has 3 fully saturated rings. The Kier molecular flexibility index (Phi) is 2.95. The maximum absolute atomic E-state index is 11.7. The molecule has 0 bridgehead atoms. The fraction of sp³-hybridized carbons (Fsp3) is 0.900. The molecule has 5 nitrogen and oxygen atoms in total. The van der Waals surface area contributed by atoms with Crippen LogP contribution in [0.15, 0.2) is 0 Å². The van der Waals surface area contributed by atoms with Crippen molar-refractivity contribution in [3.05, 3.63) is 0 Å². The van der Waals surface area contributed by atoms with Gasteiger partial charge in [-0.1, -0.05) is 0 Å². The van der Waals surface area contributed by atoms with Gasteiger partial charge in [0, 0.05) is 5.92 Å². The van der Waals surface area contributed by atoms with Crippen molar-refractivity contribution in [3.8, 4) is 0 Å². The van der Waals surface area contributed by atoms with Crippen LogP contribution in [0.1, 0.15) is 32.1 Å². The second kappa shape index (κ2) is 3.83. The van der Waals surface area contributed by atoms with Crippen molar-refractivity contribution < 1.29 is 13.2 Å². The fourth-order valence-corrected chi connectivity index (χ4v) is 3.52. The summed E-state index contributed by atoms with van der Waals surface area (Å²) in [6, 6.07) is 0. The van der Waals surface area contributed by atoms with Gasteiger partial charge in [-0.3, -0.25) is 9.52 Å². The van der Waals surface area contributed by atoms with Crippen molar-refractivity contribution in [2.45, 2.75) is 37.0 Å². The Bertz CT molecular complexity index is 442. The molecule has 0 aliphatic heterocycles. The van der Waals surface area contributed by atoms with Crippen molar-refractivity contribution in [2.75, 3.05) is 0 Å². The van der Waals surface area contributed by atoms with E-state index in [-0.39, 0.29) is 24.2 Å². The van der Waals surface area contributed by atoms with E-state index < -0.39 is 14.9 Å². The second-order valence-electron chi connectivity index (χ2n) is 5.38. The van der Waals surface area contributed by atoms with E-state index in [0.29, 0.717) is 24.7 Å². The van der Waals surface area contributed by atoms with Crippen LogP contribution in [-0.2, 0) is 14.8 Å². The van der Waals surface area contributed by atoms with Crippen molar-refractivity contribution in [2.24, 2.45) is 23.5 Å². The minimum atomic E-state index is -3.64. The molecule has 0 heterocycles. The van der Waals surface area contributed by atoms with Crippen molar-refractivity contribution >= 4 is 28.3 Å². The minimum Gasteiger partial charge on any atom is -0.311 e. The van der Waals surface area contributed by atoms with Crippen LogP contribution in [0.3, 0.4) is 0 Å². The Balaban J connectivity index is 0.00000108. The van der Waals surface area contributed by atoms with Crippen molar-refractivity contribution in [1.82, 2.24) is 4.72 Å². The molecule has 7 heteroatoms. The maximum Gasteiger partial charge on any atom is 0.253 e. The van der Waals surface area contributed by atoms with Gasteiger partial charge in [0.15, 0.2) is 0 Å². The van der Waals surface area contributed by atoms with Crippen LogP contribution in [0.4, 0.5) is 0 Å². The molecular weight excluding hydrogens is 264 g/mol. The van der Waals surface area contributed by atoms with Crippen LogP contribution < -0.4 is 10.5 Å². The van der Waals surface area contributed by atoms with E-state index in [9.17, 15) is 13.2 Å². The van der Waals surface area contributed by atoms with Gasteiger partial charge in [-0.15, -0.1) is 12.4 Å². The molecule has 3 aliphatic carbocycles. The number of amides is 1. The Labute approximate surface area is 107 Å². The highest BCUT2D eigenvalue weighted by atomic mass is 35.5. The molecule has 0 aromatic heterocycles. The monoisotopic (exact) mass is 280 g/mol. The zero-order valence-electron chi connectivity index (χ0n) is 9.39. The van der Waals surface area contributed by atoms with E-state index in [4.69, 9.17) is 5.73 Å². The molecule has 3 saturated carbocycles. The molecule has 3 rings (SSSR count). The summed E-state index contributed by atoms with van der Waals surface area (Å²) in [5, 5.41) is 0. The van der Waals surface area contributed by atoms with Crippen LogP contribution in [-0.4, -0.2) is 19.2 Å². The van der Waals surface area contributed by atoms with Gasteiger partial charge in [0.1, 0.15) is 4.87 Å². The molecule has 2 unspecified atom stereocenters. The molecule has 1 amide bonds. The molecule has 0 radical (unpaired) electrons. The number of hydrogen-bond donors (Lipinski definition) is 2. The van der Waals surface area contributed by atoms with Crippen molar-refractivity contribution in [3.63, 3.8) is 0 Å². The molecule has 0 aromatic carbocycles. The first-order valence-corrected chi connectivity index (χ1v) is 7.26. The summed E-state index contributed by atoms with van der Waals surface area (Å²) in [6.07, 6.45) is 4.15. The summed E-state index contributed by atoms with van der Waals surface area (Å²) in [5.74, 6) is 0.688. The second-order valence-corrected chi connectivity index (χ2v) is 7.40. The number of carbonyl (C=O) groups excluding carboxylic acids is 1. The highest BCUT2D eigenvalue weighted by Gasteiger charge is 2.55. The Morgan fingerprint density at radius 1 is 1.29 bits per heavy atom. The lowest BCUT2D eigenvalue weighted by Gasteiger charge is -2.11. The Morgan fingerprint density at radius 2 is 1.88 bits per heavy atom. The van der Waals surface area contributed by atoms with E-state index >= 15 is 0 Å². The molecule has 17 heavy (non-hydrogen) atoms. The van der Waals surface area contributed by atoms with E-state index in [2.05, 4.69) is 4.72 Å². The normalized spacial score (nSPS) is 33.5. The molecule has 0 spiro atoms. The van der Waals surface area contributed by atoms with E-state index in [1.165, 1.54) is 12.8 Å². The summed E-state index contributed by atoms with van der Waals surface area (Å²) < 4.78 is 25.5. The highest BCUT2D eigenvalue weighted by molar-refractivity contribution is 7.91. The number of nitrogens with two attached hydrogens (primary N) is 1. The number of halogens is 1. The summed E-state index contributed by atoms with van der Waals surface area (Å²) in [4.78, 5) is 10.5. The molecule has 3 aliphatic rings. The van der Waals surface area contributed by atoms with E-state index in [1.807, 2.05) is 0 Å². The third kappa shape index (κ3) is 2.30. The maximum atomic E-state index is 11.7. The molecule has 0 saturated heterocycles. The molecule has 3 N–H and O–H groups in total. The lowest BCUT2D eigenvalue weighted by molar-refractivity contribution is -0.120. The smallest absolute Gasteiger partial charge is 0.253 e. The predicted octanol–water partition coefficient (Wildman–Crippen LogP) is 0.349. The third-order valence-electron chi connectivity index (χ3n) is 3.92. The molecular formula is C10H17ClN2O3S. The van der Waals surface area contributed by atoms with Gasteiger partial charge in [0.2, 0.25) is 5.91 Å². The molecule has 98 valence electrons. The first-order chi connectivity index (χ1) is 7.43. The Hall–Kier alpha value is -0.330. The Morgan fingerprint density at radius 3 is 2.35 bits per heavy atom. The van der Waals surface area contributed by atoms with Gasteiger partial charge in [-0.05, 0) is 43.9 Å². The molecule has 0 aromatic rings. The number of nitrogens with one attached hydrogen (secondary N) is 1. The van der Waals surface area contributed by atoms with Gasteiger partial charge in [-0.2, -0.15) is 0 Å². The van der Waals surface area contributed by atoms with Crippen LogP contribution in [0.25, 0.3) is 0 Å². The minimum absolute atomic E-state index is 0. The summed E-state index contributed by atoms with van der Waals surface area (Å²) in [6.45, 7) is 0. The predicted molar refractivity (Wildman–Crippen MR) is 64.8 cm³/mol. The quantitative estimate of drug-likeness (QED) is 0.778. The lowest BCUT2D eigenvalue weighted by atomic mass is 10.2. The average molecular weight is 281 g/mol. The third-order valence-corrected chi connectivity index (χ3v) is 5.87. The number of carbonyl (C=O) groups is 1. The number of rotatable bonds is 4. The van der Waals surface area contributed by atoms with Gasteiger partial charge >= 0.3 is 0 Å².